The largest absolute Gasteiger partial charge is 0.339 e. The Morgan fingerprint density at radius 1 is 0.968 bits per heavy atom. The van der Waals surface area contributed by atoms with Crippen LogP contribution in [0.5, 0.6) is 0 Å². The number of thioether (sulfide) groups is 1. The van der Waals surface area contributed by atoms with Crippen LogP contribution in [-0.4, -0.2) is 86.4 Å². The molecule has 0 radical (unpaired) electrons. The summed E-state index contributed by atoms with van der Waals surface area (Å²) in [4.78, 5) is 19.9. The third kappa shape index (κ3) is 5.48. The van der Waals surface area contributed by atoms with Crippen LogP contribution in [0.1, 0.15) is 38.9 Å². The molecule has 3 heterocycles. The lowest BCUT2D eigenvalue weighted by atomic mass is 10.1. The van der Waals surface area contributed by atoms with Crippen LogP contribution in [0.15, 0.2) is 35.5 Å². The third-order valence-corrected chi connectivity index (χ3v) is 7.32. The Labute approximate surface area is 189 Å². The molecule has 0 unspecified atom stereocenters. The fourth-order valence-electron chi connectivity index (χ4n) is 4.38. The predicted molar refractivity (Wildman–Crippen MR) is 125 cm³/mol. The monoisotopic (exact) mass is 442 g/mol. The number of likely N-dealkylation sites (tertiary alicyclic amines) is 1. The van der Waals surface area contributed by atoms with Gasteiger partial charge < -0.3 is 9.80 Å². The van der Waals surface area contributed by atoms with Gasteiger partial charge in [0.1, 0.15) is 0 Å². The predicted octanol–water partition coefficient (Wildman–Crippen LogP) is 2.90. The van der Waals surface area contributed by atoms with Crippen molar-refractivity contribution in [3.05, 3.63) is 36.2 Å². The zero-order valence-corrected chi connectivity index (χ0v) is 19.6. The molecule has 2 fully saturated rings. The first-order valence-corrected chi connectivity index (χ1v) is 12.4. The zero-order chi connectivity index (χ0) is 21.6. The number of carbonyl (C=O) groups excluding carboxylic acids is 1. The molecule has 8 heteroatoms. The minimum atomic E-state index is -0.192. The number of piperidine rings is 1. The number of para-hydroxylation sites is 1. The molecule has 0 N–H and O–H groups in total. The number of nitrogens with zero attached hydrogens (tertiary/aromatic N) is 6. The number of hydrogen-bond donors (Lipinski definition) is 0. The standard InChI is InChI=1S/C23H34N6OS/c1-3-26-14-16-28(17-15-26)22(30)19(2)31-23-25-24-21(18-27-12-8-5-9-13-27)29(23)20-10-6-4-7-11-20/h4,6-7,10-11,19H,3,5,8-9,12-18H2,1-2H3/t19-/m0/s1. The smallest absolute Gasteiger partial charge is 0.235 e. The lowest BCUT2D eigenvalue weighted by molar-refractivity contribution is -0.132. The molecular formula is C23H34N6OS. The number of benzene rings is 1. The second-order valence-corrected chi connectivity index (χ2v) is 9.73. The van der Waals surface area contributed by atoms with Gasteiger partial charge in [-0.1, -0.05) is 43.3 Å². The molecule has 1 aromatic carbocycles. The van der Waals surface area contributed by atoms with E-state index >= 15 is 0 Å². The minimum Gasteiger partial charge on any atom is -0.339 e. The quantitative estimate of drug-likeness (QED) is 0.615. The fraction of sp³-hybridized carbons (Fsp3) is 0.609. The van der Waals surface area contributed by atoms with Gasteiger partial charge in [0, 0.05) is 31.9 Å². The molecule has 168 valence electrons. The maximum Gasteiger partial charge on any atom is 0.235 e. The van der Waals surface area contributed by atoms with Crippen molar-refractivity contribution >= 4 is 17.7 Å². The van der Waals surface area contributed by atoms with E-state index in [0.29, 0.717) is 0 Å². The van der Waals surface area contributed by atoms with Crippen molar-refractivity contribution in [2.75, 3.05) is 45.8 Å². The van der Waals surface area contributed by atoms with Gasteiger partial charge >= 0.3 is 0 Å². The molecule has 7 nitrogen and oxygen atoms in total. The van der Waals surface area contributed by atoms with Gasteiger partial charge in [0.25, 0.3) is 0 Å². The van der Waals surface area contributed by atoms with Crippen LogP contribution in [-0.2, 0) is 11.3 Å². The number of amides is 1. The van der Waals surface area contributed by atoms with E-state index in [0.717, 1.165) is 69.0 Å². The molecule has 0 saturated carbocycles. The maximum atomic E-state index is 13.1. The molecule has 1 atom stereocenters. The highest BCUT2D eigenvalue weighted by Crippen LogP contribution is 2.28. The Morgan fingerprint density at radius 2 is 1.68 bits per heavy atom. The molecule has 2 aromatic rings. The van der Waals surface area contributed by atoms with Gasteiger partial charge in [-0.25, -0.2) is 0 Å². The second kappa shape index (κ2) is 10.6. The molecule has 1 amide bonds. The number of hydrogen-bond acceptors (Lipinski definition) is 6. The number of rotatable bonds is 7. The van der Waals surface area contributed by atoms with E-state index in [-0.39, 0.29) is 11.2 Å². The Balaban J connectivity index is 1.50. The summed E-state index contributed by atoms with van der Waals surface area (Å²) in [6, 6.07) is 10.3. The minimum absolute atomic E-state index is 0.192. The van der Waals surface area contributed by atoms with Crippen molar-refractivity contribution < 1.29 is 4.79 Å². The topological polar surface area (TPSA) is 57.5 Å². The molecule has 2 aliphatic rings. The van der Waals surface area contributed by atoms with Crippen LogP contribution in [0, 0.1) is 0 Å². The molecule has 31 heavy (non-hydrogen) atoms. The molecule has 0 bridgehead atoms. The Kier molecular flexibility index (Phi) is 7.63. The summed E-state index contributed by atoms with van der Waals surface area (Å²) < 4.78 is 2.14. The second-order valence-electron chi connectivity index (χ2n) is 8.43. The average molecular weight is 443 g/mol. The summed E-state index contributed by atoms with van der Waals surface area (Å²) in [5.41, 5.74) is 1.05. The number of aromatic nitrogens is 3. The van der Waals surface area contributed by atoms with E-state index in [1.165, 1.54) is 31.0 Å². The highest BCUT2D eigenvalue weighted by atomic mass is 32.2. The van der Waals surface area contributed by atoms with Gasteiger partial charge in [-0.15, -0.1) is 10.2 Å². The molecular weight excluding hydrogens is 408 g/mol. The molecule has 4 rings (SSSR count). The first kappa shape index (κ1) is 22.3. The lowest BCUT2D eigenvalue weighted by Gasteiger charge is -2.35. The molecule has 1 aromatic heterocycles. The molecule has 0 aliphatic carbocycles. The van der Waals surface area contributed by atoms with Crippen LogP contribution in [0.4, 0.5) is 0 Å². The summed E-state index contributed by atoms with van der Waals surface area (Å²) >= 11 is 1.52. The third-order valence-electron chi connectivity index (χ3n) is 6.29. The summed E-state index contributed by atoms with van der Waals surface area (Å²) in [5, 5.41) is 9.68. The summed E-state index contributed by atoms with van der Waals surface area (Å²) in [7, 11) is 0. The molecule has 2 saturated heterocycles. The van der Waals surface area contributed by atoms with E-state index in [1.54, 1.807) is 0 Å². The summed E-state index contributed by atoms with van der Waals surface area (Å²) in [6.45, 7) is 11.8. The van der Waals surface area contributed by atoms with Crippen molar-refractivity contribution in [2.45, 2.75) is 50.1 Å². The van der Waals surface area contributed by atoms with Crippen LogP contribution in [0.3, 0.4) is 0 Å². The Bertz CT molecular complexity index is 843. The van der Waals surface area contributed by atoms with E-state index in [1.807, 2.05) is 30.0 Å². The van der Waals surface area contributed by atoms with Crippen molar-refractivity contribution in [3.63, 3.8) is 0 Å². The van der Waals surface area contributed by atoms with Gasteiger partial charge in [0.05, 0.1) is 11.8 Å². The van der Waals surface area contributed by atoms with Crippen molar-refractivity contribution in [1.82, 2.24) is 29.5 Å². The highest BCUT2D eigenvalue weighted by molar-refractivity contribution is 8.00. The van der Waals surface area contributed by atoms with Gasteiger partial charge in [-0.3, -0.25) is 14.3 Å². The first-order chi connectivity index (χ1) is 15.2. The van der Waals surface area contributed by atoms with Gasteiger partial charge in [0.2, 0.25) is 5.91 Å². The van der Waals surface area contributed by atoms with E-state index in [9.17, 15) is 4.79 Å². The normalized spacial score (nSPS) is 19.5. The van der Waals surface area contributed by atoms with Crippen LogP contribution >= 0.6 is 11.8 Å². The Hall–Kier alpha value is -1.90. The van der Waals surface area contributed by atoms with E-state index < -0.39 is 0 Å². The van der Waals surface area contributed by atoms with Crippen LogP contribution in [0.25, 0.3) is 5.69 Å². The van der Waals surface area contributed by atoms with Crippen LogP contribution in [0.2, 0.25) is 0 Å². The van der Waals surface area contributed by atoms with Gasteiger partial charge in [-0.2, -0.15) is 0 Å². The zero-order valence-electron chi connectivity index (χ0n) is 18.7. The van der Waals surface area contributed by atoms with Crippen LogP contribution < -0.4 is 0 Å². The lowest BCUT2D eigenvalue weighted by Crippen LogP contribution is -2.50. The summed E-state index contributed by atoms with van der Waals surface area (Å²) in [6.07, 6.45) is 3.81. The van der Waals surface area contributed by atoms with E-state index in [2.05, 4.69) is 43.6 Å². The van der Waals surface area contributed by atoms with Gasteiger partial charge in [0.15, 0.2) is 11.0 Å². The molecule has 2 aliphatic heterocycles. The first-order valence-electron chi connectivity index (χ1n) is 11.6. The maximum absolute atomic E-state index is 13.1. The highest BCUT2D eigenvalue weighted by Gasteiger charge is 2.27. The van der Waals surface area contributed by atoms with E-state index in [4.69, 9.17) is 0 Å². The fourth-order valence-corrected chi connectivity index (χ4v) is 5.35. The molecule has 0 spiro atoms. The number of likely N-dealkylation sites (N-methyl/N-ethyl adjacent to an activating group) is 1. The SMILES string of the molecule is CCN1CCN(C(=O)[C@H](C)Sc2nnc(CN3CCCCC3)n2-c2ccccc2)CC1. The van der Waals surface area contributed by atoms with Crippen molar-refractivity contribution in [3.8, 4) is 5.69 Å². The van der Waals surface area contributed by atoms with Crippen molar-refractivity contribution in [2.24, 2.45) is 0 Å². The Morgan fingerprint density at radius 3 is 2.35 bits per heavy atom. The number of carbonyl (C=O) groups is 1. The summed E-state index contributed by atoms with van der Waals surface area (Å²) in [5.74, 6) is 1.15. The van der Waals surface area contributed by atoms with Gasteiger partial charge in [-0.05, 0) is 51.5 Å². The number of piperazine rings is 1. The average Bonchev–Trinajstić information content (AvgIpc) is 3.21. The van der Waals surface area contributed by atoms with Crippen molar-refractivity contribution in [1.29, 1.82) is 0 Å².